The van der Waals surface area contributed by atoms with E-state index in [1.165, 1.54) is 83.5 Å². The first-order valence-corrected chi connectivity index (χ1v) is 31.7. The maximum Gasteiger partial charge on any atom is 0.472 e. The number of quaternary nitrogens is 1. The lowest BCUT2D eigenvalue weighted by Gasteiger charge is -2.25. The Morgan fingerprint density at radius 3 is 1.21 bits per heavy atom. The first kappa shape index (κ1) is 72.4. The molecule has 1 amide bonds. The molecule has 0 aromatic rings. The summed E-state index contributed by atoms with van der Waals surface area (Å²) in [5, 5.41) is 13.9. The second-order valence-electron chi connectivity index (χ2n) is 21.0. The molecule has 0 rings (SSSR count). The van der Waals surface area contributed by atoms with Crippen LogP contribution < -0.4 is 5.32 Å². The van der Waals surface area contributed by atoms with Gasteiger partial charge in [-0.1, -0.05) is 243 Å². The number of allylic oxidation sites excluding steroid dienone is 23. The van der Waals surface area contributed by atoms with Gasteiger partial charge < -0.3 is 19.8 Å². The van der Waals surface area contributed by atoms with Gasteiger partial charge in [0.15, 0.2) is 0 Å². The van der Waals surface area contributed by atoms with Gasteiger partial charge >= 0.3 is 7.82 Å². The van der Waals surface area contributed by atoms with Crippen molar-refractivity contribution in [2.45, 2.75) is 231 Å². The number of unbranched alkanes of at least 4 members (excludes halogenated alkanes) is 18. The third-order valence-electron chi connectivity index (χ3n) is 12.5. The van der Waals surface area contributed by atoms with Gasteiger partial charge in [0.05, 0.1) is 39.9 Å². The molecule has 76 heavy (non-hydrogen) atoms. The zero-order valence-electron chi connectivity index (χ0n) is 49.2. The van der Waals surface area contributed by atoms with E-state index in [1.807, 2.05) is 27.2 Å². The van der Waals surface area contributed by atoms with Crippen LogP contribution in [0, 0.1) is 0 Å². The van der Waals surface area contributed by atoms with E-state index in [9.17, 15) is 19.4 Å². The van der Waals surface area contributed by atoms with E-state index in [-0.39, 0.29) is 19.1 Å². The second kappa shape index (κ2) is 56.1. The summed E-state index contributed by atoms with van der Waals surface area (Å²) in [7, 11) is 1.52. The van der Waals surface area contributed by atoms with Crippen LogP contribution in [0.2, 0.25) is 0 Å². The third kappa shape index (κ3) is 58.1. The number of likely N-dealkylation sites (N-methyl/N-ethyl adjacent to an activating group) is 1. The minimum absolute atomic E-state index is 0.0432. The van der Waals surface area contributed by atoms with E-state index >= 15 is 0 Å². The first-order chi connectivity index (χ1) is 37.0. The molecule has 0 saturated heterocycles. The van der Waals surface area contributed by atoms with Crippen molar-refractivity contribution in [2.24, 2.45) is 0 Å². The number of phosphoric ester groups is 1. The summed E-state index contributed by atoms with van der Waals surface area (Å²) >= 11 is 0. The number of amides is 1. The monoisotopic (exact) mass is 1070 g/mol. The van der Waals surface area contributed by atoms with E-state index < -0.39 is 20.0 Å². The Kier molecular flexibility index (Phi) is 53.4. The Morgan fingerprint density at radius 1 is 0.461 bits per heavy atom. The highest BCUT2D eigenvalue weighted by Gasteiger charge is 2.27. The summed E-state index contributed by atoms with van der Waals surface area (Å²) in [4.78, 5) is 23.3. The molecule has 0 aliphatic rings. The SMILES string of the molecule is CC/C=C\C/C=C\C/C=C\C/C=C\C/C=C\C/C=C\C/C=C\C/C=C\C/C=C\CCCCCCCCCC(=O)NC(COP(=O)(O)OCC[N+](C)(C)C)C(O)/C=C/CC/C=C/CC/C=C/CCCCCCCCCCC. The smallest absolute Gasteiger partial charge is 0.387 e. The van der Waals surface area contributed by atoms with Crippen LogP contribution in [-0.4, -0.2) is 73.4 Å². The number of hydrogen-bond donors (Lipinski definition) is 3. The number of aliphatic hydroxyl groups excluding tert-OH is 1. The predicted molar refractivity (Wildman–Crippen MR) is 331 cm³/mol. The average Bonchev–Trinajstić information content (AvgIpc) is 3.38. The van der Waals surface area contributed by atoms with Crippen LogP contribution in [0.15, 0.2) is 146 Å². The van der Waals surface area contributed by atoms with Gasteiger partial charge in [0.1, 0.15) is 13.2 Å². The molecule has 0 aromatic carbocycles. The molecule has 0 aliphatic carbocycles. The Morgan fingerprint density at radius 2 is 0.803 bits per heavy atom. The average molecular weight is 1070 g/mol. The lowest BCUT2D eigenvalue weighted by molar-refractivity contribution is -0.870. The fourth-order valence-corrected chi connectivity index (χ4v) is 8.57. The van der Waals surface area contributed by atoms with Gasteiger partial charge in [0.25, 0.3) is 0 Å². The van der Waals surface area contributed by atoms with Crippen LogP contribution >= 0.6 is 7.82 Å². The fourth-order valence-electron chi connectivity index (χ4n) is 7.83. The van der Waals surface area contributed by atoms with Crippen molar-refractivity contribution in [3.63, 3.8) is 0 Å². The van der Waals surface area contributed by atoms with Gasteiger partial charge in [-0.15, -0.1) is 0 Å². The highest BCUT2D eigenvalue weighted by molar-refractivity contribution is 7.47. The number of nitrogens with zero attached hydrogens (tertiary/aromatic N) is 1. The van der Waals surface area contributed by atoms with Gasteiger partial charge in [-0.05, 0) is 116 Å². The molecule has 0 aromatic heterocycles. The molecule has 0 radical (unpaired) electrons. The van der Waals surface area contributed by atoms with Crippen molar-refractivity contribution in [3.8, 4) is 0 Å². The predicted octanol–water partition coefficient (Wildman–Crippen LogP) is 18.9. The van der Waals surface area contributed by atoms with E-state index in [0.29, 0.717) is 17.4 Å². The van der Waals surface area contributed by atoms with Gasteiger partial charge in [-0.25, -0.2) is 4.57 Å². The molecule has 3 N–H and O–H groups in total. The zero-order chi connectivity index (χ0) is 55.6. The fraction of sp³-hybridized carbons (Fsp3) is 0.627. The van der Waals surface area contributed by atoms with Gasteiger partial charge in [-0.3, -0.25) is 13.8 Å². The van der Waals surface area contributed by atoms with E-state index in [1.54, 1.807) is 6.08 Å². The Balaban J connectivity index is 4.28. The minimum atomic E-state index is -4.37. The number of carbonyl (C=O) groups is 1. The van der Waals surface area contributed by atoms with Crippen molar-refractivity contribution in [3.05, 3.63) is 146 Å². The summed E-state index contributed by atoms with van der Waals surface area (Å²) < 4.78 is 23.7. The summed E-state index contributed by atoms with van der Waals surface area (Å²) in [6.45, 7) is 4.64. The van der Waals surface area contributed by atoms with Gasteiger partial charge in [-0.2, -0.15) is 0 Å². The maximum atomic E-state index is 13.0. The van der Waals surface area contributed by atoms with Crippen LogP contribution in [0.25, 0.3) is 0 Å². The molecule has 0 aliphatic heterocycles. The second-order valence-corrected chi connectivity index (χ2v) is 22.4. The lowest BCUT2D eigenvalue weighted by atomic mass is 10.1. The number of nitrogens with one attached hydrogen (secondary N) is 1. The van der Waals surface area contributed by atoms with Crippen molar-refractivity contribution < 1.29 is 32.9 Å². The Hall–Kier alpha value is -3.62. The lowest BCUT2D eigenvalue weighted by Crippen LogP contribution is -2.45. The Labute approximate surface area is 468 Å². The van der Waals surface area contributed by atoms with E-state index in [4.69, 9.17) is 9.05 Å². The number of hydrogen-bond acceptors (Lipinski definition) is 5. The van der Waals surface area contributed by atoms with Gasteiger partial charge in [0, 0.05) is 6.42 Å². The Bertz CT molecular complexity index is 1740. The highest BCUT2D eigenvalue weighted by Crippen LogP contribution is 2.43. The molecule has 0 fully saturated rings. The number of phosphoric acid groups is 1. The van der Waals surface area contributed by atoms with Crippen molar-refractivity contribution >= 4 is 13.7 Å². The highest BCUT2D eigenvalue weighted by atomic mass is 31.2. The number of carbonyl (C=O) groups excluding carboxylic acids is 1. The topological polar surface area (TPSA) is 105 Å². The molecule has 432 valence electrons. The molecule has 0 bridgehead atoms. The van der Waals surface area contributed by atoms with Crippen LogP contribution in [0.5, 0.6) is 0 Å². The molecule has 9 heteroatoms. The largest absolute Gasteiger partial charge is 0.472 e. The van der Waals surface area contributed by atoms with Crippen molar-refractivity contribution in [2.75, 3.05) is 40.9 Å². The van der Waals surface area contributed by atoms with Crippen molar-refractivity contribution in [1.29, 1.82) is 0 Å². The quantitative estimate of drug-likeness (QED) is 0.0243. The van der Waals surface area contributed by atoms with Crippen LogP contribution in [0.1, 0.15) is 219 Å². The third-order valence-corrected chi connectivity index (χ3v) is 13.5. The molecule has 3 atom stereocenters. The molecule has 8 nitrogen and oxygen atoms in total. The normalized spacial score (nSPS) is 14.9. The summed E-state index contributed by atoms with van der Waals surface area (Å²) in [6.07, 6.45) is 86.7. The van der Waals surface area contributed by atoms with Crippen molar-refractivity contribution in [1.82, 2.24) is 5.32 Å². The molecular weight excluding hydrogens is 960 g/mol. The van der Waals surface area contributed by atoms with E-state index in [0.717, 1.165) is 116 Å². The summed E-state index contributed by atoms with van der Waals surface area (Å²) in [5.74, 6) is -0.208. The maximum absolute atomic E-state index is 13.0. The molecule has 0 spiro atoms. The first-order valence-electron chi connectivity index (χ1n) is 30.2. The van der Waals surface area contributed by atoms with E-state index in [2.05, 4.69) is 153 Å². The molecular formula is C67H114N2O6P+. The van der Waals surface area contributed by atoms with Crippen LogP contribution in [-0.2, 0) is 18.4 Å². The number of rotatable bonds is 53. The zero-order valence-corrected chi connectivity index (χ0v) is 50.1. The van der Waals surface area contributed by atoms with Crippen LogP contribution in [0.4, 0.5) is 0 Å². The molecule has 0 saturated carbocycles. The van der Waals surface area contributed by atoms with Crippen LogP contribution in [0.3, 0.4) is 0 Å². The summed E-state index contributed by atoms with van der Waals surface area (Å²) in [5.41, 5.74) is 0. The molecule has 0 heterocycles. The summed E-state index contributed by atoms with van der Waals surface area (Å²) in [6, 6.07) is -0.888. The number of aliphatic hydroxyl groups is 1. The minimum Gasteiger partial charge on any atom is -0.387 e. The standard InChI is InChI=1S/C67H113N2O6P/c1-6-8-10-12-14-16-18-20-22-24-26-27-28-29-30-31-32-33-34-35-36-37-38-39-40-41-43-45-47-49-51-53-55-57-59-61-67(71)68-65(64-75-76(72,73)74-63-62-69(3,4)5)66(70)60-58-56-54-52-50-48-46-44-42-25-23-21-19-17-15-13-11-9-7-2/h8,10,14,16,20,22,26-27,29-30,32-33,35-36,38-39,41-44,50,52,58,60,65-66,70H,6-7,9,11-13,15,17-19,21,23-25,28,31,34,37,40,45-49,51,53-57,59,61-64H2,1-5H3,(H-,68,71,72,73)/p+1/b10-8-,16-14-,22-20-,27-26-,30-29-,33-32-,36-35-,39-38-,43-41-,44-42+,52-50+,60-58+. The van der Waals surface area contributed by atoms with Gasteiger partial charge in [0.2, 0.25) is 5.91 Å². The molecule has 3 unspecified atom stereocenters.